The maximum Gasteiger partial charge on any atom is 0.275 e. The molecule has 1 amide bonds. The third-order valence-corrected chi connectivity index (χ3v) is 7.07. The summed E-state index contributed by atoms with van der Waals surface area (Å²) in [6, 6.07) is 4.93. The summed E-state index contributed by atoms with van der Waals surface area (Å²) in [5.41, 5.74) is 1.23. The molecule has 4 fully saturated rings. The molecule has 0 radical (unpaired) electrons. The molecule has 1 aromatic carbocycles. The van der Waals surface area contributed by atoms with E-state index in [9.17, 15) is 14.9 Å². The van der Waals surface area contributed by atoms with Gasteiger partial charge in [-0.25, -0.2) is 0 Å². The summed E-state index contributed by atoms with van der Waals surface area (Å²) >= 11 is 0. The Labute approximate surface area is 141 Å². The number of carbonyl (C=O) groups is 1. The number of rotatable bonds is 2. The van der Waals surface area contributed by atoms with Gasteiger partial charge in [-0.05, 0) is 68.8 Å². The van der Waals surface area contributed by atoms with Crippen molar-refractivity contribution in [2.75, 3.05) is 0 Å². The van der Waals surface area contributed by atoms with Crippen molar-refractivity contribution in [1.82, 2.24) is 4.90 Å². The van der Waals surface area contributed by atoms with Crippen LogP contribution in [0.2, 0.25) is 0 Å². The SMILES string of the molecule is O=C1c2cccc([N+](=O)[O-])c2CN1C12CCC3CC(CC(C3)C1)C2. The summed E-state index contributed by atoms with van der Waals surface area (Å²) in [4.78, 5) is 26.1. The van der Waals surface area contributed by atoms with Gasteiger partial charge in [-0.15, -0.1) is 0 Å². The minimum absolute atomic E-state index is 0.0217. The number of nitro benzene ring substituents is 1. The van der Waals surface area contributed by atoms with Crippen molar-refractivity contribution in [3.8, 4) is 0 Å². The summed E-state index contributed by atoms with van der Waals surface area (Å²) in [6.07, 6.45) is 8.49. The van der Waals surface area contributed by atoms with Crippen molar-refractivity contribution in [2.45, 2.75) is 57.0 Å². The van der Waals surface area contributed by atoms with E-state index < -0.39 is 0 Å². The Bertz CT molecular complexity index is 730. The van der Waals surface area contributed by atoms with Gasteiger partial charge in [0.1, 0.15) is 0 Å². The number of fused-ring (bicyclic) bond motifs is 2. The molecule has 1 aliphatic heterocycles. The van der Waals surface area contributed by atoms with Crippen LogP contribution in [0.25, 0.3) is 0 Å². The largest absolute Gasteiger partial charge is 0.328 e. The standard InChI is InChI=1S/C19H22N2O3/c22-18-15-2-1-3-17(21(23)24)16(15)11-20(18)19-5-4-12-6-13(9-19)8-14(7-12)10-19/h1-3,12-14H,4-11H2. The molecule has 0 saturated heterocycles. The molecule has 1 heterocycles. The van der Waals surface area contributed by atoms with E-state index in [4.69, 9.17) is 0 Å². The highest BCUT2D eigenvalue weighted by Crippen LogP contribution is 2.56. The molecule has 5 aliphatic rings. The van der Waals surface area contributed by atoms with Crippen molar-refractivity contribution in [2.24, 2.45) is 17.8 Å². The van der Waals surface area contributed by atoms with E-state index in [0.29, 0.717) is 17.7 Å². The second-order valence-corrected chi connectivity index (χ2v) is 8.43. The van der Waals surface area contributed by atoms with E-state index in [2.05, 4.69) is 0 Å². The highest BCUT2D eigenvalue weighted by Gasteiger charge is 2.53. The minimum Gasteiger partial charge on any atom is -0.328 e. The molecular formula is C19H22N2O3. The van der Waals surface area contributed by atoms with E-state index in [0.717, 1.165) is 37.0 Å². The Morgan fingerprint density at radius 1 is 1.12 bits per heavy atom. The first-order valence-electron chi connectivity index (χ1n) is 9.14. The summed E-state index contributed by atoms with van der Waals surface area (Å²) in [6.45, 7) is 0.426. The zero-order valence-corrected chi connectivity index (χ0v) is 13.7. The van der Waals surface area contributed by atoms with E-state index >= 15 is 0 Å². The van der Waals surface area contributed by atoms with E-state index in [1.54, 1.807) is 12.1 Å². The molecular weight excluding hydrogens is 304 g/mol. The molecule has 24 heavy (non-hydrogen) atoms. The third kappa shape index (κ3) is 1.90. The minimum atomic E-state index is -0.346. The highest BCUT2D eigenvalue weighted by molar-refractivity contribution is 6.00. The van der Waals surface area contributed by atoms with Gasteiger partial charge in [0.25, 0.3) is 11.6 Å². The number of nitrogens with zero attached hydrogens (tertiary/aromatic N) is 2. The molecule has 0 N–H and O–H groups in total. The molecule has 0 aromatic heterocycles. The van der Waals surface area contributed by atoms with E-state index in [-0.39, 0.29) is 22.1 Å². The van der Waals surface area contributed by atoms with Crippen LogP contribution in [0, 0.1) is 27.9 Å². The molecule has 4 aliphatic carbocycles. The van der Waals surface area contributed by atoms with Crippen LogP contribution in [0.5, 0.6) is 0 Å². The van der Waals surface area contributed by atoms with Crippen LogP contribution in [0.15, 0.2) is 18.2 Å². The first-order chi connectivity index (χ1) is 11.6. The normalized spacial score (nSPS) is 36.8. The number of carbonyl (C=O) groups excluding carboxylic acids is 1. The Hall–Kier alpha value is -1.91. The average Bonchev–Trinajstić information content (AvgIpc) is 2.76. The van der Waals surface area contributed by atoms with Crippen LogP contribution >= 0.6 is 0 Å². The number of amides is 1. The molecule has 1 aromatic rings. The fourth-order valence-electron chi connectivity index (χ4n) is 6.33. The van der Waals surface area contributed by atoms with Gasteiger partial charge in [0, 0.05) is 11.6 Å². The smallest absolute Gasteiger partial charge is 0.275 e. The second kappa shape index (κ2) is 4.80. The zero-order valence-electron chi connectivity index (χ0n) is 13.7. The number of hydrogen-bond acceptors (Lipinski definition) is 3. The van der Waals surface area contributed by atoms with Gasteiger partial charge in [-0.1, -0.05) is 6.07 Å². The quantitative estimate of drug-likeness (QED) is 0.611. The third-order valence-electron chi connectivity index (χ3n) is 7.07. The van der Waals surface area contributed by atoms with Crippen molar-refractivity contribution >= 4 is 11.6 Å². The second-order valence-electron chi connectivity index (χ2n) is 8.43. The van der Waals surface area contributed by atoms with Gasteiger partial charge in [0.05, 0.1) is 22.6 Å². The summed E-state index contributed by atoms with van der Waals surface area (Å²) in [5, 5.41) is 11.4. The Balaban J connectivity index is 1.55. The molecule has 5 nitrogen and oxygen atoms in total. The van der Waals surface area contributed by atoms with Gasteiger partial charge in [-0.2, -0.15) is 0 Å². The lowest BCUT2D eigenvalue weighted by molar-refractivity contribution is -0.385. The summed E-state index contributed by atoms with van der Waals surface area (Å²) in [5.74, 6) is 2.36. The molecule has 4 saturated carbocycles. The van der Waals surface area contributed by atoms with Crippen molar-refractivity contribution in [3.05, 3.63) is 39.4 Å². The predicted molar refractivity (Wildman–Crippen MR) is 88.5 cm³/mol. The number of hydrogen-bond donors (Lipinski definition) is 0. The fourth-order valence-corrected chi connectivity index (χ4v) is 6.33. The summed E-state index contributed by atoms with van der Waals surface area (Å²) in [7, 11) is 0. The Morgan fingerprint density at radius 3 is 2.54 bits per heavy atom. The maximum absolute atomic E-state index is 13.1. The van der Waals surface area contributed by atoms with Gasteiger partial charge in [-0.3, -0.25) is 14.9 Å². The lowest BCUT2D eigenvalue weighted by Gasteiger charge is -2.49. The topological polar surface area (TPSA) is 63.4 Å². The molecule has 126 valence electrons. The Kier molecular flexibility index (Phi) is 2.89. The van der Waals surface area contributed by atoms with Crippen LogP contribution in [0.4, 0.5) is 5.69 Å². The molecule has 2 atom stereocenters. The monoisotopic (exact) mass is 326 g/mol. The number of benzene rings is 1. The molecule has 6 rings (SSSR count). The maximum atomic E-state index is 13.1. The lowest BCUT2D eigenvalue weighted by Crippen LogP contribution is -2.53. The van der Waals surface area contributed by atoms with Gasteiger partial charge in [0.2, 0.25) is 0 Å². The molecule has 4 bridgehead atoms. The van der Waals surface area contributed by atoms with Crippen LogP contribution in [0.3, 0.4) is 0 Å². The van der Waals surface area contributed by atoms with Crippen LogP contribution in [-0.2, 0) is 6.54 Å². The van der Waals surface area contributed by atoms with Crippen molar-refractivity contribution in [1.29, 1.82) is 0 Å². The average molecular weight is 326 g/mol. The molecule has 5 heteroatoms. The van der Waals surface area contributed by atoms with Crippen molar-refractivity contribution in [3.63, 3.8) is 0 Å². The first kappa shape index (κ1) is 14.4. The van der Waals surface area contributed by atoms with Crippen LogP contribution in [0.1, 0.15) is 60.9 Å². The summed E-state index contributed by atoms with van der Waals surface area (Å²) < 4.78 is 0. The first-order valence-corrected chi connectivity index (χ1v) is 9.14. The predicted octanol–water partition coefficient (Wildman–Crippen LogP) is 3.91. The van der Waals surface area contributed by atoms with E-state index in [1.165, 1.54) is 31.7 Å². The van der Waals surface area contributed by atoms with Crippen LogP contribution < -0.4 is 0 Å². The molecule has 2 unspecified atom stereocenters. The van der Waals surface area contributed by atoms with Gasteiger partial charge in [0.15, 0.2) is 0 Å². The zero-order chi connectivity index (χ0) is 16.5. The van der Waals surface area contributed by atoms with Gasteiger partial charge >= 0.3 is 0 Å². The van der Waals surface area contributed by atoms with E-state index in [1.807, 2.05) is 4.90 Å². The molecule has 0 spiro atoms. The number of nitro groups is 1. The lowest BCUT2D eigenvalue weighted by atomic mass is 9.64. The van der Waals surface area contributed by atoms with Gasteiger partial charge < -0.3 is 4.90 Å². The Morgan fingerprint density at radius 2 is 1.83 bits per heavy atom. The van der Waals surface area contributed by atoms with Crippen molar-refractivity contribution < 1.29 is 9.72 Å². The fraction of sp³-hybridized carbons (Fsp3) is 0.632. The highest BCUT2D eigenvalue weighted by atomic mass is 16.6. The van der Waals surface area contributed by atoms with Crippen LogP contribution in [-0.4, -0.2) is 21.3 Å².